The second-order valence-corrected chi connectivity index (χ2v) is 4.77. The molecule has 0 bridgehead atoms. The van der Waals surface area contributed by atoms with Gasteiger partial charge >= 0.3 is 0 Å². The lowest BCUT2D eigenvalue weighted by Gasteiger charge is -2.25. The van der Waals surface area contributed by atoms with Crippen molar-refractivity contribution in [2.75, 3.05) is 31.2 Å². The van der Waals surface area contributed by atoms with Crippen molar-refractivity contribution in [3.8, 4) is 0 Å². The van der Waals surface area contributed by atoms with E-state index >= 15 is 0 Å². The summed E-state index contributed by atoms with van der Waals surface area (Å²) < 4.78 is 5.26. The fraction of sp³-hybridized carbons (Fsp3) is 0.600. The fourth-order valence-electron chi connectivity index (χ4n) is 1.50. The number of ether oxygens (including phenoxy) is 1. The molecule has 0 aliphatic carbocycles. The van der Waals surface area contributed by atoms with E-state index in [9.17, 15) is 4.79 Å². The van der Waals surface area contributed by atoms with Gasteiger partial charge in [0.1, 0.15) is 0 Å². The monoisotopic (exact) mass is 241 g/mol. The van der Waals surface area contributed by atoms with Crippen LogP contribution in [0, 0.1) is 0 Å². The number of thiazole rings is 1. The third kappa shape index (κ3) is 2.40. The molecule has 0 amide bonds. The Kier molecular flexibility index (Phi) is 3.52. The SMILES string of the molecule is CC(N)C(=O)c1cnc(N2CCOCC2)s1. The molecule has 1 aliphatic rings. The van der Waals surface area contributed by atoms with Gasteiger partial charge in [-0.1, -0.05) is 11.3 Å². The summed E-state index contributed by atoms with van der Waals surface area (Å²) in [4.78, 5) is 18.7. The van der Waals surface area contributed by atoms with Crippen LogP contribution in [0.3, 0.4) is 0 Å². The maximum atomic E-state index is 11.6. The Labute approximate surface area is 98.2 Å². The molecule has 2 rings (SSSR count). The first-order valence-electron chi connectivity index (χ1n) is 5.27. The van der Waals surface area contributed by atoms with Crippen LogP contribution in [-0.4, -0.2) is 43.1 Å². The number of carbonyl (C=O) groups excluding carboxylic acids is 1. The minimum Gasteiger partial charge on any atom is -0.378 e. The Morgan fingerprint density at radius 1 is 1.62 bits per heavy atom. The van der Waals surface area contributed by atoms with E-state index in [1.54, 1.807) is 13.1 Å². The summed E-state index contributed by atoms with van der Waals surface area (Å²) in [6.07, 6.45) is 1.61. The highest BCUT2D eigenvalue weighted by Crippen LogP contribution is 2.23. The zero-order valence-electron chi connectivity index (χ0n) is 9.18. The number of Topliss-reactive ketones (excluding diaryl/α,β-unsaturated/α-hetero) is 1. The van der Waals surface area contributed by atoms with Crippen LogP contribution in [-0.2, 0) is 4.74 Å². The van der Waals surface area contributed by atoms with Gasteiger partial charge in [-0.05, 0) is 6.92 Å². The summed E-state index contributed by atoms with van der Waals surface area (Å²) >= 11 is 1.41. The lowest BCUT2D eigenvalue weighted by Crippen LogP contribution is -2.36. The Hall–Kier alpha value is -0.980. The summed E-state index contributed by atoms with van der Waals surface area (Å²) in [5, 5.41) is 0.882. The first kappa shape index (κ1) is 11.5. The molecule has 1 saturated heterocycles. The fourth-order valence-corrected chi connectivity index (χ4v) is 2.51. The molecule has 2 heterocycles. The quantitative estimate of drug-likeness (QED) is 0.781. The average Bonchev–Trinajstić information content (AvgIpc) is 2.78. The van der Waals surface area contributed by atoms with Gasteiger partial charge < -0.3 is 15.4 Å². The van der Waals surface area contributed by atoms with E-state index in [4.69, 9.17) is 10.5 Å². The highest BCUT2D eigenvalue weighted by Gasteiger charge is 2.18. The number of rotatable bonds is 3. The first-order valence-corrected chi connectivity index (χ1v) is 6.08. The molecule has 1 aliphatic heterocycles. The molecule has 0 saturated carbocycles. The number of hydrogen-bond acceptors (Lipinski definition) is 6. The standard InChI is InChI=1S/C10H15N3O2S/c1-7(11)9(14)8-6-12-10(16-8)13-2-4-15-5-3-13/h6-7H,2-5,11H2,1H3. The van der Waals surface area contributed by atoms with Crippen molar-refractivity contribution >= 4 is 22.3 Å². The molecule has 88 valence electrons. The summed E-state index contributed by atoms with van der Waals surface area (Å²) in [5.41, 5.74) is 5.55. The maximum absolute atomic E-state index is 11.6. The highest BCUT2D eigenvalue weighted by atomic mass is 32.1. The summed E-state index contributed by atoms with van der Waals surface area (Å²) in [6.45, 7) is 4.79. The molecule has 5 nitrogen and oxygen atoms in total. The van der Waals surface area contributed by atoms with Gasteiger partial charge in [0.05, 0.1) is 30.3 Å². The summed E-state index contributed by atoms with van der Waals surface area (Å²) in [6, 6.07) is -0.460. The molecule has 1 atom stereocenters. The maximum Gasteiger partial charge on any atom is 0.190 e. The van der Waals surface area contributed by atoms with E-state index in [2.05, 4.69) is 9.88 Å². The Balaban J connectivity index is 2.09. The molecule has 2 N–H and O–H groups in total. The molecular formula is C10H15N3O2S. The number of nitrogens with zero attached hydrogens (tertiary/aromatic N) is 2. The number of morpholine rings is 1. The second-order valence-electron chi connectivity index (χ2n) is 3.76. The largest absolute Gasteiger partial charge is 0.378 e. The van der Waals surface area contributed by atoms with Crippen LogP contribution in [0.25, 0.3) is 0 Å². The smallest absolute Gasteiger partial charge is 0.190 e. The normalized spacial score (nSPS) is 18.5. The van der Waals surface area contributed by atoms with Gasteiger partial charge in [-0.15, -0.1) is 0 Å². The highest BCUT2D eigenvalue weighted by molar-refractivity contribution is 7.17. The molecule has 16 heavy (non-hydrogen) atoms. The molecule has 1 fully saturated rings. The third-order valence-corrected chi connectivity index (χ3v) is 3.50. The predicted molar refractivity (Wildman–Crippen MR) is 63.1 cm³/mol. The third-order valence-electron chi connectivity index (χ3n) is 2.43. The molecule has 1 unspecified atom stereocenters. The molecule has 0 radical (unpaired) electrons. The molecule has 1 aromatic heterocycles. The van der Waals surface area contributed by atoms with Crippen LogP contribution < -0.4 is 10.6 Å². The molecule has 1 aromatic rings. The lowest BCUT2D eigenvalue weighted by molar-refractivity contribution is 0.0971. The zero-order valence-corrected chi connectivity index (χ0v) is 10.00. The van der Waals surface area contributed by atoms with Crippen LogP contribution in [0.5, 0.6) is 0 Å². The van der Waals surface area contributed by atoms with Crippen molar-refractivity contribution in [2.24, 2.45) is 5.73 Å². The van der Waals surface area contributed by atoms with Gasteiger partial charge in [0.15, 0.2) is 10.9 Å². The number of anilines is 1. The van der Waals surface area contributed by atoms with Crippen LogP contribution in [0.4, 0.5) is 5.13 Å². The number of ketones is 1. The van der Waals surface area contributed by atoms with Gasteiger partial charge in [0.25, 0.3) is 0 Å². The summed E-state index contributed by atoms with van der Waals surface area (Å²) in [5.74, 6) is -0.0444. The first-order chi connectivity index (χ1) is 7.68. The zero-order chi connectivity index (χ0) is 11.5. The predicted octanol–water partition coefficient (Wildman–Crippen LogP) is 0.510. The topological polar surface area (TPSA) is 68.5 Å². The Bertz CT molecular complexity index is 372. The van der Waals surface area contributed by atoms with Crippen molar-refractivity contribution in [2.45, 2.75) is 13.0 Å². The number of carbonyl (C=O) groups is 1. The number of aromatic nitrogens is 1. The molecule has 0 aromatic carbocycles. The van der Waals surface area contributed by atoms with E-state index in [1.807, 2.05) is 0 Å². The van der Waals surface area contributed by atoms with Crippen molar-refractivity contribution in [3.05, 3.63) is 11.1 Å². The minimum absolute atomic E-state index is 0.0444. The number of nitrogens with two attached hydrogens (primary N) is 1. The van der Waals surface area contributed by atoms with Crippen molar-refractivity contribution in [1.29, 1.82) is 0 Å². The average molecular weight is 241 g/mol. The Morgan fingerprint density at radius 2 is 2.31 bits per heavy atom. The summed E-state index contributed by atoms with van der Waals surface area (Å²) in [7, 11) is 0. The van der Waals surface area contributed by atoms with Crippen LogP contribution in [0.2, 0.25) is 0 Å². The molecular weight excluding hydrogens is 226 g/mol. The Morgan fingerprint density at radius 3 is 2.94 bits per heavy atom. The second kappa shape index (κ2) is 4.90. The van der Waals surface area contributed by atoms with E-state index in [-0.39, 0.29) is 5.78 Å². The lowest BCUT2D eigenvalue weighted by atomic mass is 10.2. The van der Waals surface area contributed by atoms with E-state index in [0.29, 0.717) is 4.88 Å². The van der Waals surface area contributed by atoms with Gasteiger partial charge in [-0.2, -0.15) is 0 Å². The van der Waals surface area contributed by atoms with Gasteiger partial charge in [0.2, 0.25) is 0 Å². The minimum atomic E-state index is -0.460. The van der Waals surface area contributed by atoms with E-state index in [1.165, 1.54) is 11.3 Å². The number of hydrogen-bond donors (Lipinski definition) is 1. The van der Waals surface area contributed by atoms with Gasteiger partial charge in [-0.25, -0.2) is 4.98 Å². The molecule has 6 heteroatoms. The van der Waals surface area contributed by atoms with Crippen molar-refractivity contribution in [3.63, 3.8) is 0 Å². The van der Waals surface area contributed by atoms with Gasteiger partial charge in [-0.3, -0.25) is 4.79 Å². The van der Waals surface area contributed by atoms with Crippen molar-refractivity contribution < 1.29 is 9.53 Å². The van der Waals surface area contributed by atoms with Crippen LogP contribution in [0.1, 0.15) is 16.6 Å². The van der Waals surface area contributed by atoms with Crippen molar-refractivity contribution in [1.82, 2.24) is 4.98 Å². The van der Waals surface area contributed by atoms with E-state index < -0.39 is 6.04 Å². The van der Waals surface area contributed by atoms with Crippen LogP contribution in [0.15, 0.2) is 6.20 Å². The van der Waals surface area contributed by atoms with E-state index in [0.717, 1.165) is 31.4 Å². The van der Waals surface area contributed by atoms with Gasteiger partial charge in [0, 0.05) is 13.1 Å². The molecule has 0 spiro atoms. The van der Waals surface area contributed by atoms with Crippen LogP contribution >= 0.6 is 11.3 Å².